The zero-order valence-electron chi connectivity index (χ0n) is 22.5. The average molecular weight is 509 g/mol. The summed E-state index contributed by atoms with van der Waals surface area (Å²) < 4.78 is 12.4. The predicted molar refractivity (Wildman–Crippen MR) is 162 cm³/mol. The van der Waals surface area contributed by atoms with Crippen molar-refractivity contribution in [3.05, 3.63) is 155 Å². The van der Waals surface area contributed by atoms with E-state index >= 15 is 0 Å². The summed E-state index contributed by atoms with van der Waals surface area (Å²) in [6.45, 7) is 0. The molecular formula is C37H32O2. The lowest BCUT2D eigenvalue weighted by atomic mass is 9.88. The van der Waals surface area contributed by atoms with Crippen LogP contribution in [0.3, 0.4) is 0 Å². The molecule has 0 atom stereocenters. The Hall–Kier alpha value is -4.56. The molecule has 192 valence electrons. The normalized spacial score (nSPS) is 11.1. The van der Waals surface area contributed by atoms with E-state index in [0.717, 1.165) is 24.3 Å². The van der Waals surface area contributed by atoms with E-state index in [0.29, 0.717) is 6.42 Å². The topological polar surface area (TPSA) is 18.5 Å². The van der Waals surface area contributed by atoms with Crippen LogP contribution in [0.2, 0.25) is 0 Å². The Morgan fingerprint density at radius 1 is 0.436 bits per heavy atom. The van der Waals surface area contributed by atoms with Crippen molar-refractivity contribution in [3.63, 3.8) is 0 Å². The van der Waals surface area contributed by atoms with Gasteiger partial charge in [0.05, 0.1) is 14.2 Å². The second kappa shape index (κ2) is 11.0. The fourth-order valence-electron chi connectivity index (χ4n) is 5.86. The highest BCUT2D eigenvalue weighted by Gasteiger charge is 2.20. The van der Waals surface area contributed by atoms with E-state index in [-0.39, 0.29) is 0 Å². The lowest BCUT2D eigenvalue weighted by Crippen LogP contribution is -2.05. The van der Waals surface area contributed by atoms with E-state index in [9.17, 15) is 0 Å². The summed E-state index contributed by atoms with van der Waals surface area (Å²) in [7, 11) is 3.59. The predicted octanol–water partition coefficient (Wildman–Crippen LogP) is 8.78. The van der Waals surface area contributed by atoms with Gasteiger partial charge in [0.2, 0.25) is 0 Å². The third-order valence-electron chi connectivity index (χ3n) is 7.60. The van der Waals surface area contributed by atoms with Crippen molar-refractivity contribution < 1.29 is 9.47 Å². The number of methoxy groups -OCH3 is 2. The van der Waals surface area contributed by atoms with Gasteiger partial charge in [0, 0.05) is 30.4 Å². The minimum Gasteiger partial charge on any atom is -0.496 e. The van der Waals surface area contributed by atoms with Crippen LogP contribution in [0.5, 0.6) is 11.5 Å². The van der Waals surface area contributed by atoms with Crippen LogP contribution >= 0.6 is 0 Å². The number of ether oxygens (including phenoxy) is 2. The van der Waals surface area contributed by atoms with E-state index < -0.39 is 0 Å². The molecule has 6 aromatic rings. The molecule has 0 aromatic heterocycles. The summed E-state index contributed by atoms with van der Waals surface area (Å²) in [6, 6.07) is 43.1. The number of hydrogen-bond acceptors (Lipinski definition) is 2. The van der Waals surface area contributed by atoms with Crippen LogP contribution in [0.15, 0.2) is 121 Å². The molecule has 0 aliphatic heterocycles. The van der Waals surface area contributed by atoms with E-state index in [1.807, 2.05) is 0 Å². The summed E-state index contributed by atoms with van der Waals surface area (Å²) in [5, 5.41) is 4.88. The van der Waals surface area contributed by atoms with E-state index in [1.165, 1.54) is 54.9 Å². The van der Waals surface area contributed by atoms with Crippen molar-refractivity contribution in [2.24, 2.45) is 0 Å². The lowest BCUT2D eigenvalue weighted by molar-refractivity contribution is 0.402. The van der Waals surface area contributed by atoms with Gasteiger partial charge >= 0.3 is 0 Å². The van der Waals surface area contributed by atoms with Crippen LogP contribution in [-0.2, 0) is 19.3 Å². The standard InChI is InChI=1S/C37H32O2/c1-38-36-30(21-26-13-5-3-6-14-26)23-28-17-9-11-19-32(28)34(36)25-35-33-20-12-10-18-29(33)24-31(37(35)39-2)22-27-15-7-4-8-16-27/h3-20,23-24H,21-22,25H2,1-2H3. The molecule has 2 heteroatoms. The molecule has 0 aliphatic rings. The maximum atomic E-state index is 6.20. The third-order valence-corrected chi connectivity index (χ3v) is 7.60. The van der Waals surface area contributed by atoms with E-state index in [2.05, 4.69) is 121 Å². The molecule has 6 aromatic carbocycles. The summed E-state index contributed by atoms with van der Waals surface area (Å²) in [6.07, 6.45) is 2.33. The molecule has 0 radical (unpaired) electrons. The van der Waals surface area contributed by atoms with Crippen LogP contribution in [0, 0.1) is 0 Å². The molecule has 0 saturated carbocycles. The van der Waals surface area contributed by atoms with Crippen molar-refractivity contribution >= 4 is 21.5 Å². The number of benzene rings is 6. The first kappa shape index (κ1) is 24.8. The summed E-state index contributed by atoms with van der Waals surface area (Å²) in [5.74, 6) is 1.91. The van der Waals surface area contributed by atoms with Gasteiger partial charge in [-0.15, -0.1) is 0 Å². The number of hydrogen-bond donors (Lipinski definition) is 0. The second-order valence-electron chi connectivity index (χ2n) is 10.0. The highest BCUT2D eigenvalue weighted by Crippen LogP contribution is 2.40. The van der Waals surface area contributed by atoms with Gasteiger partial charge < -0.3 is 9.47 Å². The lowest BCUT2D eigenvalue weighted by Gasteiger charge is -2.21. The van der Waals surface area contributed by atoms with Crippen molar-refractivity contribution in [1.82, 2.24) is 0 Å². The fourth-order valence-corrected chi connectivity index (χ4v) is 5.86. The minimum atomic E-state index is 0.707. The van der Waals surface area contributed by atoms with Crippen LogP contribution in [-0.4, -0.2) is 14.2 Å². The van der Waals surface area contributed by atoms with E-state index in [1.54, 1.807) is 14.2 Å². The molecule has 0 N–H and O–H groups in total. The summed E-state index contributed by atoms with van der Waals surface area (Å²) >= 11 is 0. The average Bonchev–Trinajstić information content (AvgIpc) is 2.98. The van der Waals surface area contributed by atoms with Crippen molar-refractivity contribution in [3.8, 4) is 11.5 Å². The van der Waals surface area contributed by atoms with Crippen molar-refractivity contribution in [2.75, 3.05) is 14.2 Å². The second-order valence-corrected chi connectivity index (χ2v) is 10.0. The smallest absolute Gasteiger partial charge is 0.126 e. The molecule has 0 aliphatic carbocycles. The van der Waals surface area contributed by atoms with Crippen molar-refractivity contribution in [1.29, 1.82) is 0 Å². The minimum absolute atomic E-state index is 0.707. The van der Waals surface area contributed by atoms with Gasteiger partial charge in [-0.25, -0.2) is 0 Å². The first-order valence-corrected chi connectivity index (χ1v) is 13.5. The monoisotopic (exact) mass is 508 g/mol. The van der Waals surface area contributed by atoms with Gasteiger partial charge in [-0.2, -0.15) is 0 Å². The SMILES string of the molecule is COc1c(Cc2ccccc2)cc2ccccc2c1Cc1c(OC)c(Cc2ccccc2)cc2ccccc12. The molecule has 0 amide bonds. The molecule has 0 fully saturated rings. The molecule has 6 rings (SSSR count). The van der Waals surface area contributed by atoms with Crippen LogP contribution in [0.1, 0.15) is 33.4 Å². The van der Waals surface area contributed by atoms with Gasteiger partial charge in [0.1, 0.15) is 11.5 Å². The zero-order valence-corrected chi connectivity index (χ0v) is 22.5. The number of rotatable bonds is 8. The highest BCUT2D eigenvalue weighted by molar-refractivity contribution is 5.93. The quantitative estimate of drug-likeness (QED) is 0.205. The van der Waals surface area contributed by atoms with Gasteiger partial charge in [-0.1, -0.05) is 109 Å². The van der Waals surface area contributed by atoms with Gasteiger partial charge in [0.15, 0.2) is 0 Å². The van der Waals surface area contributed by atoms with Crippen LogP contribution < -0.4 is 9.47 Å². The molecule has 0 spiro atoms. The van der Waals surface area contributed by atoms with Gasteiger partial charge in [-0.05, 0) is 55.9 Å². The molecule has 0 unspecified atom stereocenters. The largest absolute Gasteiger partial charge is 0.496 e. The maximum Gasteiger partial charge on any atom is 0.126 e. The summed E-state index contributed by atoms with van der Waals surface area (Å²) in [4.78, 5) is 0. The Morgan fingerprint density at radius 2 is 0.821 bits per heavy atom. The maximum absolute atomic E-state index is 6.20. The Balaban J connectivity index is 1.56. The Bertz CT molecular complexity index is 1610. The first-order valence-electron chi connectivity index (χ1n) is 13.5. The number of fused-ring (bicyclic) bond motifs is 2. The molecule has 0 saturated heterocycles. The van der Waals surface area contributed by atoms with Gasteiger partial charge in [-0.3, -0.25) is 0 Å². The zero-order chi connectivity index (χ0) is 26.6. The molecule has 0 bridgehead atoms. The van der Waals surface area contributed by atoms with Crippen LogP contribution in [0.4, 0.5) is 0 Å². The fraction of sp³-hybridized carbons (Fsp3) is 0.135. The third kappa shape index (κ3) is 4.98. The summed E-state index contributed by atoms with van der Waals surface area (Å²) in [5.41, 5.74) is 7.32. The Morgan fingerprint density at radius 3 is 1.23 bits per heavy atom. The highest BCUT2D eigenvalue weighted by atomic mass is 16.5. The molecule has 0 heterocycles. The first-order chi connectivity index (χ1) is 19.2. The van der Waals surface area contributed by atoms with Crippen molar-refractivity contribution in [2.45, 2.75) is 19.3 Å². The Labute approximate surface area is 230 Å². The van der Waals surface area contributed by atoms with Crippen LogP contribution in [0.25, 0.3) is 21.5 Å². The molecule has 39 heavy (non-hydrogen) atoms. The van der Waals surface area contributed by atoms with Gasteiger partial charge in [0.25, 0.3) is 0 Å². The molecular weight excluding hydrogens is 476 g/mol. The molecule has 2 nitrogen and oxygen atoms in total. The van der Waals surface area contributed by atoms with E-state index in [4.69, 9.17) is 9.47 Å². The Kier molecular flexibility index (Phi) is 7.01.